The van der Waals surface area contributed by atoms with E-state index in [0.29, 0.717) is 42.3 Å². The van der Waals surface area contributed by atoms with E-state index in [-0.39, 0.29) is 7.43 Å². The lowest BCUT2D eigenvalue weighted by Gasteiger charge is -2.13. The molecule has 0 aromatic carbocycles. The molecule has 21 heteroatoms. The highest BCUT2D eigenvalue weighted by Gasteiger charge is 2.18. The molecule has 0 saturated carbocycles. The molecule has 0 spiro atoms. The van der Waals surface area contributed by atoms with E-state index in [9.17, 15) is 0 Å². The minimum absolute atomic E-state index is 0. The van der Waals surface area contributed by atoms with Gasteiger partial charge >= 0.3 is 0 Å². The van der Waals surface area contributed by atoms with Crippen LogP contribution in [-0.4, -0.2) is 121 Å². The standard InChI is InChI=1S/C10H14N2.C10H12N2.2C9H13N3.C9H11N3.C8H12N4.C8H10N4.CH4/c1-8(2)12-6-4-9-3-5-11-7-10(9)12;1-8(2)12-7-5-9-4-3-6-11-10(9)12;1-7(2)12-6-11-8-3-4-10-5-9(8)12;2*1-7(2)12-6-11-8-4-3-5-10-9(8)12;2*1-6(2)12-8-7(10-11-12)4-3-5-9-8;/h4,6-8H,3,5H2,1-2H3;3-8H,1-2H3;2*5-7H,3-4H2,1-2H3;3-7H,1-2H3;5-6H,3-4H2,1-2H3;3-6H,1-2H3;1H4. The highest BCUT2D eigenvalue weighted by atomic mass is 15.5. The zero-order chi connectivity index (χ0) is 59.9. The first-order valence-corrected chi connectivity index (χ1v) is 29.7. The van der Waals surface area contributed by atoms with Crippen LogP contribution in [0.25, 0.3) is 33.4 Å². The SMILES string of the molecule is C.CC(C)n1ccc2c1C=NCC2.CC(C)n1ccc2cccnc21.CC(C)n1cnc2c1C=NCC2.CC(C)n1cnc2c1N=CCC2.CC(C)n1cnc2cccnc21.CC(C)n1nnc2c1N=CCC2.CC(C)n1nnc2cccnc21. The third-order valence-corrected chi connectivity index (χ3v) is 14.2. The molecule has 0 N–H and O–H groups in total. The van der Waals surface area contributed by atoms with Gasteiger partial charge in [0.25, 0.3) is 0 Å². The number of pyridine rings is 3. The third-order valence-electron chi connectivity index (χ3n) is 14.2. The summed E-state index contributed by atoms with van der Waals surface area (Å²) in [5.74, 6) is 1.99. The fraction of sp³-hybridized carbons (Fsp3) is 0.469. The number of aromatic nitrogens is 17. The van der Waals surface area contributed by atoms with Crippen molar-refractivity contribution in [2.75, 3.05) is 13.1 Å². The summed E-state index contributed by atoms with van der Waals surface area (Å²) < 4.78 is 14.5. The maximum atomic E-state index is 4.35. The van der Waals surface area contributed by atoms with E-state index in [1.54, 1.807) is 12.4 Å². The van der Waals surface area contributed by atoms with E-state index >= 15 is 0 Å². The molecule has 450 valence electrons. The second-order valence-corrected chi connectivity index (χ2v) is 22.8. The van der Waals surface area contributed by atoms with Crippen LogP contribution in [0.3, 0.4) is 0 Å². The fourth-order valence-corrected chi connectivity index (χ4v) is 9.66. The minimum atomic E-state index is 0. The van der Waals surface area contributed by atoms with Crippen LogP contribution in [0.2, 0.25) is 0 Å². The molecule has 0 saturated heterocycles. The van der Waals surface area contributed by atoms with Crippen molar-refractivity contribution in [3.05, 3.63) is 133 Å². The molecule has 0 radical (unpaired) electrons. The van der Waals surface area contributed by atoms with E-state index in [4.69, 9.17) is 0 Å². The lowest BCUT2D eigenvalue weighted by atomic mass is 10.1. The van der Waals surface area contributed by atoms with Crippen LogP contribution in [0.5, 0.6) is 0 Å². The maximum absolute atomic E-state index is 4.35. The van der Waals surface area contributed by atoms with Crippen molar-refractivity contribution in [1.82, 2.24) is 82.7 Å². The van der Waals surface area contributed by atoms with Crippen molar-refractivity contribution in [2.45, 2.75) is 185 Å². The molecular weight excluding hydrogens is 1060 g/mol. The summed E-state index contributed by atoms with van der Waals surface area (Å²) in [5, 5.41) is 17.3. The second-order valence-electron chi connectivity index (χ2n) is 22.8. The van der Waals surface area contributed by atoms with E-state index in [2.05, 4.69) is 221 Å². The summed E-state index contributed by atoms with van der Waals surface area (Å²) in [7, 11) is 0. The topological polar surface area (TPSA) is 213 Å². The molecule has 0 bridgehead atoms. The molecule has 14 heterocycles. The summed E-state index contributed by atoms with van der Waals surface area (Å²) >= 11 is 0. The molecule has 10 aromatic rings. The largest absolute Gasteiger partial charge is 0.344 e. The molecule has 14 rings (SSSR count). The Bertz CT molecular complexity index is 3340. The number of aliphatic imine (C=N–C) groups is 4. The van der Waals surface area contributed by atoms with Gasteiger partial charge in [-0.25, -0.2) is 49.3 Å². The number of nitrogens with zero attached hydrogens (tertiary/aromatic N) is 21. The first-order valence-electron chi connectivity index (χ1n) is 29.7. The summed E-state index contributed by atoms with van der Waals surface area (Å²) in [6, 6.07) is 19.0. The van der Waals surface area contributed by atoms with Crippen LogP contribution in [0.1, 0.15) is 194 Å². The number of rotatable bonds is 7. The van der Waals surface area contributed by atoms with Crippen molar-refractivity contribution >= 4 is 69.9 Å². The van der Waals surface area contributed by atoms with Gasteiger partial charge in [-0.05, 0) is 177 Å². The Morgan fingerprint density at radius 1 is 0.400 bits per heavy atom. The number of fused-ring (bicyclic) bond motifs is 7. The number of aryl methyl sites for hydroxylation is 2. The molecule has 10 aromatic heterocycles. The molecule has 0 atom stereocenters. The smallest absolute Gasteiger partial charge is 0.178 e. The first kappa shape index (κ1) is 64.0. The van der Waals surface area contributed by atoms with Gasteiger partial charge in [0.05, 0.1) is 53.8 Å². The van der Waals surface area contributed by atoms with Crippen LogP contribution < -0.4 is 0 Å². The minimum Gasteiger partial charge on any atom is -0.344 e. The summed E-state index contributed by atoms with van der Waals surface area (Å²) in [6.07, 6.45) is 29.2. The summed E-state index contributed by atoms with van der Waals surface area (Å²) in [4.78, 5) is 42.9. The maximum Gasteiger partial charge on any atom is 0.178 e. The van der Waals surface area contributed by atoms with Crippen molar-refractivity contribution < 1.29 is 0 Å². The lowest BCUT2D eigenvalue weighted by molar-refractivity contribution is 0.518. The predicted molar refractivity (Wildman–Crippen MR) is 346 cm³/mol. The lowest BCUT2D eigenvalue weighted by Crippen LogP contribution is -2.09. The quantitative estimate of drug-likeness (QED) is 0.147. The van der Waals surface area contributed by atoms with Gasteiger partial charge in [-0.2, -0.15) is 0 Å². The van der Waals surface area contributed by atoms with Gasteiger partial charge in [0.15, 0.2) is 22.9 Å². The molecule has 85 heavy (non-hydrogen) atoms. The summed E-state index contributed by atoms with van der Waals surface area (Å²) in [6.45, 7) is 31.7. The molecule has 4 aliphatic rings. The van der Waals surface area contributed by atoms with Crippen molar-refractivity contribution in [2.24, 2.45) is 20.0 Å². The normalized spacial score (nSPS) is 13.4. The Labute approximate surface area is 501 Å². The van der Waals surface area contributed by atoms with Gasteiger partial charge in [0.1, 0.15) is 22.4 Å². The van der Waals surface area contributed by atoms with Crippen molar-refractivity contribution in [1.29, 1.82) is 0 Å². The van der Waals surface area contributed by atoms with Crippen LogP contribution in [0.15, 0.2) is 118 Å². The molecule has 0 unspecified atom stereocenters. The number of hydrogen-bond acceptors (Lipinski definition) is 14. The Hall–Kier alpha value is -8.62. The Morgan fingerprint density at radius 2 is 0.941 bits per heavy atom. The van der Waals surface area contributed by atoms with Gasteiger partial charge < -0.3 is 22.8 Å². The molecule has 0 fully saturated rings. The van der Waals surface area contributed by atoms with E-state index in [1.165, 1.54) is 28.0 Å². The van der Waals surface area contributed by atoms with Crippen LogP contribution >= 0.6 is 0 Å². The Kier molecular flexibility index (Phi) is 22.8. The molecule has 4 aliphatic heterocycles. The van der Waals surface area contributed by atoms with Gasteiger partial charge in [0.2, 0.25) is 0 Å². The summed E-state index contributed by atoms with van der Waals surface area (Å²) in [5.41, 5.74) is 12.0. The van der Waals surface area contributed by atoms with Crippen molar-refractivity contribution in [3.8, 4) is 0 Å². The van der Waals surface area contributed by atoms with Crippen LogP contribution in [0, 0.1) is 0 Å². The highest BCUT2D eigenvalue weighted by molar-refractivity contribution is 5.81. The number of imidazole rings is 3. The average Bonchev–Trinajstić information content (AvgIpc) is 4.58. The zero-order valence-electron chi connectivity index (χ0n) is 51.6. The van der Waals surface area contributed by atoms with E-state index in [1.807, 2.05) is 89.7 Å². The average molecular weight is 1150 g/mol. The Balaban J connectivity index is 0.000000142. The molecule has 21 nitrogen and oxygen atoms in total. The van der Waals surface area contributed by atoms with Crippen molar-refractivity contribution in [3.63, 3.8) is 0 Å². The predicted octanol–water partition coefficient (Wildman–Crippen LogP) is 13.8. The molecular formula is C64H89N21. The van der Waals surface area contributed by atoms with Gasteiger partial charge in [0, 0.05) is 117 Å². The third kappa shape index (κ3) is 16.0. The van der Waals surface area contributed by atoms with E-state index in [0.717, 1.165) is 103 Å². The van der Waals surface area contributed by atoms with Crippen LogP contribution in [0.4, 0.5) is 11.6 Å². The first-order chi connectivity index (χ1) is 40.5. The number of hydrogen-bond donors (Lipinski definition) is 0. The Morgan fingerprint density at radius 3 is 1.61 bits per heavy atom. The van der Waals surface area contributed by atoms with Gasteiger partial charge in [-0.1, -0.05) is 17.9 Å². The fourth-order valence-electron chi connectivity index (χ4n) is 9.66. The van der Waals surface area contributed by atoms with Gasteiger partial charge in [-0.15, -0.1) is 10.2 Å². The molecule has 0 aliphatic carbocycles. The highest BCUT2D eigenvalue weighted by Crippen LogP contribution is 2.27. The zero-order valence-corrected chi connectivity index (χ0v) is 51.6. The van der Waals surface area contributed by atoms with Gasteiger partial charge in [-0.3, -0.25) is 9.98 Å². The van der Waals surface area contributed by atoms with Crippen LogP contribution in [-0.2, 0) is 25.7 Å². The second kappa shape index (κ2) is 30.3. The monoisotopic (exact) mass is 1150 g/mol. The molecule has 0 amide bonds. The van der Waals surface area contributed by atoms with E-state index < -0.39 is 0 Å².